The lowest BCUT2D eigenvalue weighted by molar-refractivity contribution is -0.108. The van der Waals surface area contributed by atoms with Crippen LogP contribution in [0.4, 0.5) is 11.5 Å². The highest BCUT2D eigenvalue weighted by atomic mass is 16.1. The lowest BCUT2D eigenvalue weighted by atomic mass is 10.0. The van der Waals surface area contributed by atoms with Gasteiger partial charge in [0, 0.05) is 6.20 Å². The summed E-state index contributed by atoms with van der Waals surface area (Å²) in [5, 5.41) is 6.62. The van der Waals surface area contributed by atoms with Crippen molar-refractivity contribution in [3.05, 3.63) is 54.2 Å². The summed E-state index contributed by atoms with van der Waals surface area (Å²) in [6.45, 7) is 0. The van der Waals surface area contributed by atoms with Crippen molar-refractivity contribution >= 4 is 17.8 Å². The maximum atomic E-state index is 11.2. The molecule has 2 unspecified atom stereocenters. The highest BCUT2D eigenvalue weighted by Gasteiger charge is 2.23. The van der Waals surface area contributed by atoms with Gasteiger partial charge in [0.2, 0.25) is 0 Å². The number of carbonyl (C=O) groups is 1. The van der Waals surface area contributed by atoms with Gasteiger partial charge in [0.15, 0.2) is 0 Å². The molecule has 2 heterocycles. The van der Waals surface area contributed by atoms with Crippen molar-refractivity contribution in [2.24, 2.45) is 0 Å². The summed E-state index contributed by atoms with van der Waals surface area (Å²) >= 11 is 0. The third kappa shape index (κ3) is 2.42. The largest absolute Gasteiger partial charge is 0.372 e. The smallest absolute Gasteiger partial charge is 0.149 e. The second-order valence-electron chi connectivity index (χ2n) is 4.63. The number of aromatic nitrogens is 1. The average molecular weight is 253 g/mol. The Bertz CT molecular complexity index is 571. The normalized spacial score (nSPS) is 21.5. The molecule has 2 atom stereocenters. The van der Waals surface area contributed by atoms with Crippen molar-refractivity contribution in [1.29, 1.82) is 0 Å². The van der Waals surface area contributed by atoms with Crippen LogP contribution in [0.1, 0.15) is 18.0 Å². The number of carbonyl (C=O) groups excluding carboxylic acids is 1. The van der Waals surface area contributed by atoms with E-state index in [4.69, 9.17) is 0 Å². The van der Waals surface area contributed by atoms with Gasteiger partial charge in [0.1, 0.15) is 12.1 Å². The van der Waals surface area contributed by atoms with Crippen LogP contribution in [0.15, 0.2) is 48.7 Å². The van der Waals surface area contributed by atoms with Crippen molar-refractivity contribution in [2.45, 2.75) is 18.5 Å². The number of anilines is 2. The molecule has 0 aliphatic carbocycles. The fourth-order valence-corrected chi connectivity index (χ4v) is 2.37. The summed E-state index contributed by atoms with van der Waals surface area (Å²) < 4.78 is 0. The highest BCUT2D eigenvalue weighted by Crippen LogP contribution is 2.31. The lowest BCUT2D eigenvalue weighted by Crippen LogP contribution is -2.23. The fraction of sp³-hybridized carbons (Fsp3) is 0.200. The van der Waals surface area contributed by atoms with Crippen LogP contribution in [-0.4, -0.2) is 17.3 Å². The van der Waals surface area contributed by atoms with E-state index in [-0.39, 0.29) is 12.1 Å². The number of nitrogens with one attached hydrogen (secondary N) is 2. The summed E-state index contributed by atoms with van der Waals surface area (Å²) in [5.41, 5.74) is 2.03. The van der Waals surface area contributed by atoms with Crippen molar-refractivity contribution in [3.8, 4) is 0 Å². The van der Waals surface area contributed by atoms with E-state index >= 15 is 0 Å². The molecule has 2 N–H and O–H groups in total. The summed E-state index contributed by atoms with van der Waals surface area (Å²) in [7, 11) is 0. The number of hydrogen-bond donors (Lipinski definition) is 2. The summed E-state index contributed by atoms with van der Waals surface area (Å²) in [6, 6.07) is 13.8. The van der Waals surface area contributed by atoms with Crippen molar-refractivity contribution < 1.29 is 4.79 Å². The molecule has 0 spiro atoms. The van der Waals surface area contributed by atoms with Crippen molar-refractivity contribution in [2.75, 3.05) is 10.6 Å². The minimum absolute atomic E-state index is 0.0834. The first-order chi connectivity index (χ1) is 9.36. The second kappa shape index (κ2) is 5.10. The molecule has 1 aliphatic heterocycles. The average Bonchev–Trinajstić information content (AvgIpc) is 2.67. The zero-order chi connectivity index (χ0) is 13.1. The first-order valence-corrected chi connectivity index (χ1v) is 6.35. The standard InChI is InChI=1S/C15H15N3O/c19-10-12-9-14(11-5-2-1-3-6-11)18-15-13(17-12)7-4-8-16-15/h1-8,10,12,14,17H,9H2,(H,16,18). The molecule has 19 heavy (non-hydrogen) atoms. The number of pyridine rings is 1. The van der Waals surface area contributed by atoms with Gasteiger partial charge in [-0.05, 0) is 24.1 Å². The molecular weight excluding hydrogens is 238 g/mol. The van der Waals surface area contributed by atoms with Crippen LogP contribution in [0.25, 0.3) is 0 Å². The molecule has 4 heteroatoms. The van der Waals surface area contributed by atoms with E-state index in [1.54, 1.807) is 6.20 Å². The monoisotopic (exact) mass is 253 g/mol. The molecule has 2 aromatic rings. The van der Waals surface area contributed by atoms with Crippen LogP contribution in [0.5, 0.6) is 0 Å². The molecule has 4 nitrogen and oxygen atoms in total. The third-order valence-electron chi connectivity index (χ3n) is 3.32. The molecule has 0 saturated carbocycles. The zero-order valence-electron chi connectivity index (χ0n) is 10.4. The van der Waals surface area contributed by atoms with E-state index in [0.717, 1.165) is 23.4 Å². The number of nitrogens with zero attached hydrogens (tertiary/aromatic N) is 1. The maximum absolute atomic E-state index is 11.2. The molecule has 0 amide bonds. The summed E-state index contributed by atoms with van der Waals surface area (Å²) in [6.07, 6.45) is 3.40. The van der Waals surface area contributed by atoms with E-state index in [1.165, 1.54) is 0 Å². The van der Waals surface area contributed by atoms with E-state index < -0.39 is 0 Å². The number of benzene rings is 1. The van der Waals surface area contributed by atoms with Crippen LogP contribution in [-0.2, 0) is 4.79 Å². The minimum Gasteiger partial charge on any atom is -0.372 e. The predicted molar refractivity (Wildman–Crippen MR) is 75.1 cm³/mol. The number of fused-ring (bicyclic) bond motifs is 1. The van der Waals surface area contributed by atoms with Crippen molar-refractivity contribution in [3.63, 3.8) is 0 Å². The fourth-order valence-electron chi connectivity index (χ4n) is 2.37. The Morgan fingerprint density at radius 3 is 2.74 bits per heavy atom. The molecule has 0 fully saturated rings. The number of hydrogen-bond acceptors (Lipinski definition) is 4. The van der Waals surface area contributed by atoms with Gasteiger partial charge in [0.05, 0.1) is 17.8 Å². The Morgan fingerprint density at radius 1 is 1.11 bits per heavy atom. The van der Waals surface area contributed by atoms with Crippen LogP contribution in [0.3, 0.4) is 0 Å². The van der Waals surface area contributed by atoms with E-state index in [0.29, 0.717) is 6.42 Å². The minimum atomic E-state index is -0.205. The highest BCUT2D eigenvalue weighted by molar-refractivity contribution is 5.73. The SMILES string of the molecule is O=CC1CC(c2ccccc2)Nc2ncccc2N1. The van der Waals surface area contributed by atoms with E-state index in [9.17, 15) is 4.79 Å². The van der Waals surface area contributed by atoms with Gasteiger partial charge < -0.3 is 15.4 Å². The Labute approximate surface area is 111 Å². The molecule has 3 rings (SSSR count). The summed E-state index contributed by atoms with van der Waals surface area (Å²) in [5.74, 6) is 0.792. The molecule has 0 saturated heterocycles. The van der Waals surface area contributed by atoms with Gasteiger partial charge in [-0.1, -0.05) is 30.3 Å². The first kappa shape index (κ1) is 11.7. The van der Waals surface area contributed by atoms with Gasteiger partial charge in [-0.3, -0.25) is 0 Å². The Hall–Kier alpha value is -2.36. The van der Waals surface area contributed by atoms with E-state index in [1.807, 2.05) is 30.3 Å². The molecule has 0 bridgehead atoms. The summed E-state index contributed by atoms with van der Waals surface area (Å²) in [4.78, 5) is 15.5. The lowest BCUT2D eigenvalue weighted by Gasteiger charge is -2.18. The zero-order valence-corrected chi connectivity index (χ0v) is 10.4. The van der Waals surface area contributed by atoms with Crippen LogP contribution in [0, 0.1) is 0 Å². The van der Waals surface area contributed by atoms with Gasteiger partial charge in [-0.25, -0.2) is 4.98 Å². The maximum Gasteiger partial charge on any atom is 0.149 e. The quantitative estimate of drug-likeness (QED) is 0.808. The van der Waals surface area contributed by atoms with E-state index in [2.05, 4.69) is 27.8 Å². The molecular formula is C15H15N3O. The van der Waals surface area contributed by atoms with Crippen molar-refractivity contribution in [1.82, 2.24) is 4.98 Å². The van der Waals surface area contributed by atoms with Crippen LogP contribution < -0.4 is 10.6 Å². The molecule has 0 radical (unpaired) electrons. The Morgan fingerprint density at radius 2 is 1.95 bits per heavy atom. The number of rotatable bonds is 2. The number of aldehydes is 1. The van der Waals surface area contributed by atoms with Gasteiger partial charge >= 0.3 is 0 Å². The topological polar surface area (TPSA) is 54.0 Å². The Balaban J connectivity index is 1.97. The second-order valence-corrected chi connectivity index (χ2v) is 4.63. The van der Waals surface area contributed by atoms with Gasteiger partial charge in [0.25, 0.3) is 0 Å². The van der Waals surface area contributed by atoms with Crippen LogP contribution >= 0.6 is 0 Å². The Kier molecular flexibility index (Phi) is 3.14. The molecule has 1 aromatic heterocycles. The third-order valence-corrected chi connectivity index (χ3v) is 3.32. The van der Waals surface area contributed by atoms with Gasteiger partial charge in [-0.15, -0.1) is 0 Å². The molecule has 1 aromatic carbocycles. The molecule has 96 valence electrons. The first-order valence-electron chi connectivity index (χ1n) is 6.35. The molecule has 1 aliphatic rings. The van der Waals surface area contributed by atoms with Gasteiger partial charge in [-0.2, -0.15) is 0 Å². The van der Waals surface area contributed by atoms with Crippen LogP contribution in [0.2, 0.25) is 0 Å². The predicted octanol–water partition coefficient (Wildman–Crippen LogP) is 2.62.